The predicted octanol–water partition coefficient (Wildman–Crippen LogP) is 6.04. The third-order valence-electron chi connectivity index (χ3n) is 5.82. The average molecular weight is 476 g/mol. The molecule has 2 N–H and O–H groups in total. The van der Waals surface area contributed by atoms with Gasteiger partial charge in [-0.15, -0.1) is 0 Å². The van der Waals surface area contributed by atoms with Crippen molar-refractivity contribution in [3.63, 3.8) is 0 Å². The lowest BCUT2D eigenvalue weighted by Gasteiger charge is -2.24. The van der Waals surface area contributed by atoms with Gasteiger partial charge < -0.3 is 19.9 Å². The number of H-pyrrole nitrogens is 1. The van der Waals surface area contributed by atoms with Crippen LogP contribution in [0.15, 0.2) is 71.5 Å². The fraction of sp³-hybridized carbons (Fsp3) is 0.185. The Morgan fingerprint density at radius 3 is 2.44 bits per heavy atom. The van der Waals surface area contributed by atoms with Gasteiger partial charge >= 0.3 is 6.03 Å². The van der Waals surface area contributed by atoms with Crippen LogP contribution in [0.1, 0.15) is 22.3 Å². The smallest absolute Gasteiger partial charge is 0.322 e. The molecule has 2 amide bonds. The van der Waals surface area contributed by atoms with Crippen molar-refractivity contribution in [2.24, 2.45) is 0 Å². The van der Waals surface area contributed by atoms with E-state index in [9.17, 15) is 9.59 Å². The number of aromatic nitrogens is 1. The Morgan fingerprint density at radius 2 is 1.71 bits per heavy atom. The minimum atomic E-state index is -0.348. The molecule has 0 atom stereocenters. The number of aromatic amines is 1. The molecule has 0 aliphatic heterocycles. The number of aryl methyl sites for hydroxylation is 2. The molecule has 3 aromatic carbocycles. The normalized spacial score (nSPS) is 10.8. The van der Waals surface area contributed by atoms with Gasteiger partial charge in [-0.1, -0.05) is 35.9 Å². The Balaban J connectivity index is 1.68. The third kappa shape index (κ3) is 5.24. The van der Waals surface area contributed by atoms with Crippen LogP contribution < -0.4 is 15.6 Å². The van der Waals surface area contributed by atoms with Crippen LogP contribution in [0.25, 0.3) is 10.9 Å². The number of pyridine rings is 1. The topological polar surface area (TPSA) is 74.4 Å². The standard InChI is InChI=1S/C27H26ClN3O3/c1-17-12-20-14-21(26(32)29-24(20)13-18(17)2)16-31(15-19-8-10-22(28)11-9-19)27(33)30-23-6-4-5-7-25(23)34-3/h4-14H,15-16H2,1-3H3,(H,29,32)(H,30,33). The van der Waals surface area contributed by atoms with Gasteiger partial charge in [-0.05, 0) is 78.4 Å². The highest BCUT2D eigenvalue weighted by Crippen LogP contribution is 2.24. The molecule has 0 unspecified atom stereocenters. The van der Waals surface area contributed by atoms with Crippen LogP contribution >= 0.6 is 11.6 Å². The Bertz CT molecular complexity index is 1400. The molecule has 4 rings (SSSR count). The van der Waals surface area contributed by atoms with Gasteiger partial charge in [-0.3, -0.25) is 4.79 Å². The zero-order valence-electron chi connectivity index (χ0n) is 19.3. The number of methoxy groups -OCH3 is 1. The molecule has 1 aromatic heterocycles. The van der Waals surface area contributed by atoms with Crippen molar-refractivity contribution in [2.75, 3.05) is 12.4 Å². The van der Waals surface area contributed by atoms with Gasteiger partial charge in [0.05, 0.1) is 19.3 Å². The first kappa shape index (κ1) is 23.4. The fourth-order valence-corrected chi connectivity index (χ4v) is 3.92. The maximum Gasteiger partial charge on any atom is 0.322 e. The Hall–Kier alpha value is -3.77. The van der Waals surface area contributed by atoms with E-state index in [1.807, 2.05) is 56.3 Å². The number of para-hydroxylation sites is 2. The van der Waals surface area contributed by atoms with E-state index in [1.165, 1.54) is 0 Å². The number of ether oxygens (including phenoxy) is 1. The maximum atomic E-state index is 13.4. The summed E-state index contributed by atoms with van der Waals surface area (Å²) in [6, 6.07) is 20.0. The van der Waals surface area contributed by atoms with Crippen molar-refractivity contribution >= 4 is 34.2 Å². The van der Waals surface area contributed by atoms with Crippen LogP contribution in [0.4, 0.5) is 10.5 Å². The highest BCUT2D eigenvalue weighted by Gasteiger charge is 2.18. The molecule has 0 fully saturated rings. The van der Waals surface area contributed by atoms with Gasteiger partial charge in [0.1, 0.15) is 5.75 Å². The second kappa shape index (κ2) is 10.0. The summed E-state index contributed by atoms with van der Waals surface area (Å²) in [7, 11) is 1.55. The van der Waals surface area contributed by atoms with Crippen LogP contribution in [0.2, 0.25) is 5.02 Å². The zero-order valence-corrected chi connectivity index (χ0v) is 20.1. The summed E-state index contributed by atoms with van der Waals surface area (Å²) in [6.45, 7) is 4.47. The molecule has 0 spiro atoms. The van der Waals surface area contributed by atoms with E-state index in [0.29, 0.717) is 28.6 Å². The monoisotopic (exact) mass is 475 g/mol. The number of benzene rings is 3. The van der Waals surface area contributed by atoms with E-state index in [4.69, 9.17) is 16.3 Å². The molecule has 0 aliphatic carbocycles. The number of urea groups is 1. The summed E-state index contributed by atoms with van der Waals surface area (Å²) in [5.74, 6) is 0.552. The maximum absolute atomic E-state index is 13.4. The van der Waals surface area contributed by atoms with E-state index >= 15 is 0 Å². The number of nitrogens with one attached hydrogen (secondary N) is 2. The average Bonchev–Trinajstić information content (AvgIpc) is 2.82. The van der Waals surface area contributed by atoms with Crippen LogP contribution in [-0.2, 0) is 13.1 Å². The number of carbonyl (C=O) groups is 1. The molecule has 6 nitrogen and oxygen atoms in total. The summed E-state index contributed by atoms with van der Waals surface area (Å²) >= 11 is 6.03. The molecule has 0 bridgehead atoms. The molecule has 0 saturated carbocycles. The summed E-state index contributed by atoms with van der Waals surface area (Å²) in [4.78, 5) is 30.8. The van der Waals surface area contributed by atoms with Gasteiger partial charge in [-0.2, -0.15) is 0 Å². The van der Waals surface area contributed by atoms with Gasteiger partial charge in [-0.25, -0.2) is 4.79 Å². The largest absolute Gasteiger partial charge is 0.495 e. The van der Waals surface area contributed by atoms with Gasteiger partial charge in [0, 0.05) is 22.6 Å². The number of amides is 2. The molecular weight excluding hydrogens is 450 g/mol. The van der Waals surface area contributed by atoms with Crippen LogP contribution in [-0.4, -0.2) is 23.0 Å². The number of halogens is 1. The first-order valence-electron chi connectivity index (χ1n) is 10.9. The van der Waals surface area contributed by atoms with Crippen LogP contribution in [0.3, 0.4) is 0 Å². The Labute approximate surface area is 203 Å². The molecule has 0 aliphatic rings. The zero-order chi connectivity index (χ0) is 24.2. The minimum absolute atomic E-state index is 0.127. The molecule has 1 heterocycles. The van der Waals surface area contributed by atoms with Crippen LogP contribution in [0, 0.1) is 13.8 Å². The van der Waals surface area contributed by atoms with Crippen molar-refractivity contribution in [3.8, 4) is 5.75 Å². The number of hydrogen-bond acceptors (Lipinski definition) is 3. The number of fused-ring (bicyclic) bond motifs is 1. The van der Waals surface area contributed by atoms with Gasteiger partial charge in [0.15, 0.2) is 0 Å². The van der Waals surface area contributed by atoms with E-state index in [2.05, 4.69) is 10.3 Å². The van der Waals surface area contributed by atoms with Crippen molar-refractivity contribution in [1.82, 2.24) is 9.88 Å². The SMILES string of the molecule is COc1ccccc1NC(=O)N(Cc1ccc(Cl)cc1)Cc1cc2cc(C)c(C)cc2[nH]c1=O. The summed E-state index contributed by atoms with van der Waals surface area (Å²) in [5, 5.41) is 4.45. The van der Waals surface area contributed by atoms with Gasteiger partial charge in [0.2, 0.25) is 0 Å². The number of nitrogens with zero attached hydrogens (tertiary/aromatic N) is 1. The lowest BCUT2D eigenvalue weighted by molar-refractivity contribution is 0.206. The number of rotatable bonds is 6. The van der Waals surface area contributed by atoms with E-state index in [1.54, 1.807) is 36.3 Å². The van der Waals surface area contributed by atoms with Crippen molar-refractivity contribution in [2.45, 2.75) is 26.9 Å². The summed E-state index contributed by atoms with van der Waals surface area (Å²) in [5.41, 5.74) is 4.74. The number of anilines is 1. The molecule has 0 saturated heterocycles. The van der Waals surface area contributed by atoms with Crippen LogP contribution in [0.5, 0.6) is 5.75 Å². The molecule has 34 heavy (non-hydrogen) atoms. The first-order chi connectivity index (χ1) is 16.3. The molecule has 174 valence electrons. The Morgan fingerprint density at radius 1 is 1.00 bits per heavy atom. The summed E-state index contributed by atoms with van der Waals surface area (Å²) in [6.07, 6.45) is 0. The number of hydrogen-bond donors (Lipinski definition) is 2. The number of carbonyl (C=O) groups excluding carboxylic acids is 1. The van der Waals surface area contributed by atoms with Crippen molar-refractivity contribution in [1.29, 1.82) is 0 Å². The molecule has 7 heteroatoms. The third-order valence-corrected chi connectivity index (χ3v) is 6.07. The quantitative estimate of drug-likeness (QED) is 0.357. The Kier molecular flexibility index (Phi) is 6.89. The minimum Gasteiger partial charge on any atom is -0.495 e. The fourth-order valence-electron chi connectivity index (χ4n) is 3.80. The highest BCUT2D eigenvalue weighted by atomic mass is 35.5. The van der Waals surface area contributed by atoms with E-state index in [-0.39, 0.29) is 18.1 Å². The molecule has 0 radical (unpaired) electrons. The summed E-state index contributed by atoms with van der Waals surface area (Å²) < 4.78 is 5.36. The second-order valence-electron chi connectivity index (χ2n) is 8.26. The predicted molar refractivity (Wildman–Crippen MR) is 137 cm³/mol. The lowest BCUT2D eigenvalue weighted by Crippen LogP contribution is -2.35. The van der Waals surface area contributed by atoms with E-state index < -0.39 is 0 Å². The van der Waals surface area contributed by atoms with Crippen molar-refractivity contribution in [3.05, 3.63) is 104 Å². The lowest BCUT2D eigenvalue weighted by atomic mass is 10.0. The first-order valence-corrected chi connectivity index (χ1v) is 11.3. The molecule has 4 aromatic rings. The van der Waals surface area contributed by atoms with Gasteiger partial charge in [0.25, 0.3) is 5.56 Å². The second-order valence-corrected chi connectivity index (χ2v) is 8.70. The highest BCUT2D eigenvalue weighted by molar-refractivity contribution is 6.30. The molecular formula is C27H26ClN3O3. The van der Waals surface area contributed by atoms with Crippen molar-refractivity contribution < 1.29 is 9.53 Å². The van der Waals surface area contributed by atoms with E-state index in [0.717, 1.165) is 27.6 Å².